The summed E-state index contributed by atoms with van der Waals surface area (Å²) in [4.78, 5) is 6.09. The summed E-state index contributed by atoms with van der Waals surface area (Å²) < 4.78 is 36.6. The van der Waals surface area contributed by atoms with Crippen molar-refractivity contribution in [2.75, 3.05) is 13.7 Å². The maximum absolute atomic E-state index is 13.5. The molecule has 2 aromatic rings. The summed E-state index contributed by atoms with van der Waals surface area (Å²) in [5, 5.41) is 13.7. The molecule has 0 radical (unpaired) electrons. The summed E-state index contributed by atoms with van der Waals surface area (Å²) in [5.41, 5.74) is 0.608. The molecule has 8 heteroatoms. The van der Waals surface area contributed by atoms with Crippen LogP contribution in [0.25, 0.3) is 0 Å². The van der Waals surface area contributed by atoms with Gasteiger partial charge in [-0.05, 0) is 24.1 Å². The highest BCUT2D eigenvalue weighted by Crippen LogP contribution is 2.33. The third-order valence-electron chi connectivity index (χ3n) is 3.83. The number of nitrogens with zero attached hydrogens (tertiary/aromatic N) is 3. The van der Waals surface area contributed by atoms with E-state index in [0.717, 1.165) is 12.1 Å². The first kappa shape index (κ1) is 16.0. The number of β-amino-alcohol motifs (C(OH)–C–C–N with tert-alkyl or cyclic N) is 1. The Morgan fingerprint density at radius 3 is 2.96 bits per heavy atom. The Bertz CT molecular complexity index is 680. The minimum absolute atomic E-state index is 0.238. The van der Waals surface area contributed by atoms with E-state index in [1.807, 2.05) is 4.90 Å². The van der Waals surface area contributed by atoms with Crippen molar-refractivity contribution in [1.82, 2.24) is 15.0 Å². The number of hydrogen-bond acceptors (Lipinski definition) is 6. The fourth-order valence-corrected chi connectivity index (χ4v) is 2.84. The van der Waals surface area contributed by atoms with Crippen LogP contribution in [0, 0.1) is 11.6 Å². The number of aliphatic hydroxyl groups is 1. The van der Waals surface area contributed by atoms with Gasteiger partial charge in [-0.3, -0.25) is 4.90 Å². The summed E-state index contributed by atoms with van der Waals surface area (Å²) in [6.07, 6.45) is -0.112. The maximum Gasteiger partial charge on any atom is 0.240 e. The Morgan fingerprint density at radius 1 is 1.39 bits per heavy atom. The normalized spacial score (nSPS) is 21.9. The zero-order valence-corrected chi connectivity index (χ0v) is 12.6. The van der Waals surface area contributed by atoms with Gasteiger partial charge in [-0.15, -0.1) is 0 Å². The minimum Gasteiger partial charge on any atom is -0.392 e. The number of benzene rings is 1. The lowest BCUT2D eigenvalue weighted by atomic mass is 10.0. The molecule has 0 spiro atoms. The van der Waals surface area contributed by atoms with E-state index < -0.39 is 17.7 Å². The average molecular weight is 325 g/mol. The highest BCUT2D eigenvalue weighted by atomic mass is 19.2. The number of rotatable bonds is 5. The fraction of sp³-hybridized carbons (Fsp3) is 0.467. The molecule has 0 saturated carbocycles. The number of likely N-dealkylation sites (tertiary alicyclic amines) is 1. The third kappa shape index (κ3) is 3.54. The molecule has 6 nitrogen and oxygen atoms in total. The second kappa shape index (κ2) is 6.69. The van der Waals surface area contributed by atoms with Crippen molar-refractivity contribution in [2.45, 2.75) is 31.7 Å². The number of aliphatic hydroxyl groups excluding tert-OH is 1. The van der Waals surface area contributed by atoms with E-state index in [1.165, 1.54) is 13.2 Å². The monoisotopic (exact) mass is 325 g/mol. The summed E-state index contributed by atoms with van der Waals surface area (Å²) >= 11 is 0. The summed E-state index contributed by atoms with van der Waals surface area (Å²) in [6.45, 7) is 0.960. The van der Waals surface area contributed by atoms with Gasteiger partial charge in [-0.2, -0.15) is 4.98 Å². The molecule has 1 aliphatic heterocycles. The van der Waals surface area contributed by atoms with Crippen molar-refractivity contribution in [3.05, 3.63) is 47.1 Å². The van der Waals surface area contributed by atoms with Gasteiger partial charge >= 0.3 is 0 Å². The number of hydrogen-bond donors (Lipinski definition) is 1. The SMILES string of the molecule is COCc1noc(CN2CC(O)CC2c2ccc(F)c(F)c2)n1. The van der Waals surface area contributed by atoms with Crippen molar-refractivity contribution in [2.24, 2.45) is 0 Å². The van der Waals surface area contributed by atoms with Gasteiger partial charge in [0.15, 0.2) is 17.5 Å². The Hall–Kier alpha value is -1.90. The van der Waals surface area contributed by atoms with Crippen LogP contribution in [0.2, 0.25) is 0 Å². The van der Waals surface area contributed by atoms with Gasteiger partial charge < -0.3 is 14.4 Å². The van der Waals surface area contributed by atoms with Gasteiger partial charge in [-0.1, -0.05) is 11.2 Å². The Morgan fingerprint density at radius 2 is 2.22 bits per heavy atom. The van der Waals surface area contributed by atoms with E-state index in [0.29, 0.717) is 36.8 Å². The second-order valence-electron chi connectivity index (χ2n) is 5.55. The van der Waals surface area contributed by atoms with Gasteiger partial charge in [0.1, 0.15) is 6.61 Å². The largest absolute Gasteiger partial charge is 0.392 e. The lowest BCUT2D eigenvalue weighted by Crippen LogP contribution is -2.24. The van der Waals surface area contributed by atoms with Crippen LogP contribution in [-0.4, -0.2) is 39.9 Å². The predicted molar refractivity (Wildman–Crippen MR) is 75.1 cm³/mol. The third-order valence-corrected chi connectivity index (χ3v) is 3.83. The van der Waals surface area contributed by atoms with Crippen LogP contribution in [0.4, 0.5) is 8.78 Å². The van der Waals surface area contributed by atoms with Crippen LogP contribution < -0.4 is 0 Å². The minimum atomic E-state index is -0.899. The molecule has 0 aliphatic carbocycles. The van der Waals surface area contributed by atoms with Crippen LogP contribution in [0.1, 0.15) is 29.7 Å². The van der Waals surface area contributed by atoms with Crippen LogP contribution in [0.15, 0.2) is 22.7 Å². The molecule has 2 heterocycles. The van der Waals surface area contributed by atoms with Crippen LogP contribution >= 0.6 is 0 Å². The number of aromatic nitrogens is 2. The van der Waals surface area contributed by atoms with E-state index >= 15 is 0 Å². The molecule has 1 saturated heterocycles. The van der Waals surface area contributed by atoms with Gasteiger partial charge in [0.25, 0.3) is 0 Å². The van der Waals surface area contributed by atoms with E-state index in [2.05, 4.69) is 10.1 Å². The molecular formula is C15H17F2N3O3. The van der Waals surface area contributed by atoms with Crippen molar-refractivity contribution in [1.29, 1.82) is 0 Å². The van der Waals surface area contributed by atoms with Gasteiger partial charge in [0, 0.05) is 19.7 Å². The Kier molecular flexibility index (Phi) is 4.65. The molecule has 0 bridgehead atoms. The van der Waals surface area contributed by atoms with Crippen molar-refractivity contribution in [3.63, 3.8) is 0 Å². The molecule has 2 atom stereocenters. The molecule has 23 heavy (non-hydrogen) atoms. The van der Waals surface area contributed by atoms with Crippen molar-refractivity contribution in [3.8, 4) is 0 Å². The number of ether oxygens (including phenoxy) is 1. The number of methoxy groups -OCH3 is 1. The van der Waals surface area contributed by atoms with Crippen LogP contribution in [-0.2, 0) is 17.9 Å². The quantitative estimate of drug-likeness (QED) is 0.904. The lowest BCUT2D eigenvalue weighted by Gasteiger charge is -2.22. The van der Waals surface area contributed by atoms with E-state index in [9.17, 15) is 13.9 Å². The van der Waals surface area contributed by atoms with Gasteiger partial charge in [0.2, 0.25) is 5.89 Å². The maximum atomic E-state index is 13.5. The van der Waals surface area contributed by atoms with Crippen molar-refractivity contribution < 1.29 is 23.1 Å². The van der Waals surface area contributed by atoms with E-state index in [1.54, 1.807) is 0 Å². The first-order chi connectivity index (χ1) is 11.1. The van der Waals surface area contributed by atoms with E-state index in [-0.39, 0.29) is 12.6 Å². The molecule has 1 aromatic heterocycles. The zero-order chi connectivity index (χ0) is 16.4. The zero-order valence-electron chi connectivity index (χ0n) is 12.6. The summed E-state index contributed by atoms with van der Waals surface area (Å²) in [5.74, 6) is -0.964. The predicted octanol–water partition coefficient (Wildman–Crippen LogP) is 1.80. The molecular weight excluding hydrogens is 308 g/mol. The average Bonchev–Trinajstić information content (AvgIpc) is 3.09. The smallest absolute Gasteiger partial charge is 0.240 e. The molecule has 1 aromatic carbocycles. The molecule has 0 amide bonds. The van der Waals surface area contributed by atoms with E-state index in [4.69, 9.17) is 9.26 Å². The number of halogens is 2. The molecule has 3 rings (SSSR count). The fourth-order valence-electron chi connectivity index (χ4n) is 2.84. The van der Waals surface area contributed by atoms with Gasteiger partial charge in [-0.25, -0.2) is 8.78 Å². The second-order valence-corrected chi connectivity index (χ2v) is 5.55. The first-order valence-corrected chi connectivity index (χ1v) is 7.24. The molecule has 1 N–H and O–H groups in total. The topological polar surface area (TPSA) is 71.6 Å². The summed E-state index contributed by atoms with van der Waals surface area (Å²) in [7, 11) is 1.53. The standard InChI is InChI=1S/C15H17F2N3O3/c1-22-8-14-18-15(23-19-14)7-20-6-10(21)5-13(20)9-2-3-11(16)12(17)4-9/h2-4,10,13,21H,5-8H2,1H3. The summed E-state index contributed by atoms with van der Waals surface area (Å²) in [6, 6.07) is 3.54. The molecule has 2 unspecified atom stereocenters. The first-order valence-electron chi connectivity index (χ1n) is 7.24. The molecule has 1 aliphatic rings. The Balaban J connectivity index is 1.77. The molecule has 1 fully saturated rings. The van der Waals surface area contributed by atoms with Gasteiger partial charge in [0.05, 0.1) is 12.6 Å². The molecule has 124 valence electrons. The van der Waals surface area contributed by atoms with Crippen molar-refractivity contribution >= 4 is 0 Å². The highest BCUT2D eigenvalue weighted by molar-refractivity contribution is 5.23. The highest BCUT2D eigenvalue weighted by Gasteiger charge is 2.33. The van der Waals surface area contributed by atoms with Crippen LogP contribution in [0.5, 0.6) is 0 Å². The van der Waals surface area contributed by atoms with Crippen LogP contribution in [0.3, 0.4) is 0 Å². The lowest BCUT2D eigenvalue weighted by molar-refractivity contribution is 0.164. The Labute approximate surface area is 131 Å².